The van der Waals surface area contributed by atoms with Crippen molar-refractivity contribution in [3.8, 4) is 0 Å². The topological polar surface area (TPSA) is 289 Å². The minimum atomic E-state index is -1.62. The largest absolute Gasteiger partial charge is 0.481 e. The van der Waals surface area contributed by atoms with Crippen LogP contribution in [0.3, 0.4) is 0 Å². The van der Waals surface area contributed by atoms with Crippen LogP contribution in [-0.2, 0) is 33.6 Å². The summed E-state index contributed by atoms with van der Waals surface area (Å²) in [5.74, 6) is -6.66. The maximum atomic E-state index is 13.8. The van der Waals surface area contributed by atoms with E-state index >= 15 is 0 Å². The van der Waals surface area contributed by atoms with Crippen LogP contribution in [0.2, 0.25) is 0 Å². The van der Waals surface area contributed by atoms with E-state index in [0.717, 1.165) is 0 Å². The fourth-order valence-corrected chi connectivity index (χ4v) is 5.73. The lowest BCUT2D eigenvalue weighted by molar-refractivity contribution is -0.145. The molecule has 12 N–H and O–H groups in total. The predicted octanol–water partition coefficient (Wildman–Crippen LogP) is -0.847. The van der Waals surface area contributed by atoms with Gasteiger partial charge in [-0.15, -0.1) is 0 Å². The van der Waals surface area contributed by atoms with Gasteiger partial charge < -0.3 is 53.6 Å². The van der Waals surface area contributed by atoms with Crippen LogP contribution in [0.25, 0.3) is 0 Å². The van der Waals surface area contributed by atoms with Gasteiger partial charge in [-0.3, -0.25) is 28.8 Å². The molecule has 17 heteroatoms. The third kappa shape index (κ3) is 15.0. The number of aliphatic carboxylic acids is 2. The van der Waals surface area contributed by atoms with E-state index in [1.165, 1.54) is 4.90 Å². The molecule has 1 heterocycles. The summed E-state index contributed by atoms with van der Waals surface area (Å²) in [5.41, 5.74) is 17.2. The quantitative estimate of drug-likeness (QED) is 0.0554. The van der Waals surface area contributed by atoms with Crippen molar-refractivity contribution in [3.63, 3.8) is 0 Å². The molecule has 0 aromatic heterocycles. The molecular weight excluding hydrogens is 652 g/mol. The van der Waals surface area contributed by atoms with E-state index in [-0.39, 0.29) is 31.7 Å². The predicted molar refractivity (Wildman–Crippen MR) is 185 cm³/mol. The third-order valence-corrected chi connectivity index (χ3v) is 8.83. The molecule has 1 saturated heterocycles. The molecule has 7 atom stereocenters. The van der Waals surface area contributed by atoms with Gasteiger partial charge in [0.15, 0.2) is 0 Å². The van der Waals surface area contributed by atoms with Crippen molar-refractivity contribution in [2.45, 2.75) is 135 Å². The summed E-state index contributed by atoms with van der Waals surface area (Å²) in [7, 11) is 0. The fourth-order valence-electron chi connectivity index (χ4n) is 5.73. The average molecular weight is 713 g/mol. The molecule has 1 aliphatic heterocycles. The first-order valence-electron chi connectivity index (χ1n) is 17.7. The molecule has 0 radical (unpaired) electrons. The zero-order valence-corrected chi connectivity index (χ0v) is 29.9. The Kier molecular flexibility index (Phi) is 20.2. The van der Waals surface area contributed by atoms with Gasteiger partial charge in [-0.2, -0.15) is 0 Å². The lowest BCUT2D eigenvalue weighted by Gasteiger charge is -2.31. The number of nitrogens with one attached hydrogen (secondary N) is 4. The van der Waals surface area contributed by atoms with Crippen molar-refractivity contribution < 1.29 is 43.8 Å². The number of carboxylic acids is 2. The van der Waals surface area contributed by atoms with Gasteiger partial charge in [0, 0.05) is 6.54 Å². The van der Waals surface area contributed by atoms with E-state index in [1.807, 2.05) is 0 Å². The average Bonchev–Trinajstić information content (AvgIpc) is 3.55. The highest BCUT2D eigenvalue weighted by molar-refractivity contribution is 5.97. The molecule has 0 spiro atoms. The van der Waals surface area contributed by atoms with Crippen LogP contribution in [0.15, 0.2) is 0 Å². The Morgan fingerprint density at radius 1 is 0.780 bits per heavy atom. The smallest absolute Gasteiger partial charge is 0.326 e. The minimum Gasteiger partial charge on any atom is -0.481 e. The number of rotatable bonds is 24. The van der Waals surface area contributed by atoms with E-state index in [2.05, 4.69) is 21.3 Å². The maximum Gasteiger partial charge on any atom is 0.326 e. The Balaban J connectivity index is 3.17. The van der Waals surface area contributed by atoms with Crippen molar-refractivity contribution >= 4 is 41.5 Å². The molecule has 1 aliphatic rings. The summed E-state index contributed by atoms with van der Waals surface area (Å²) in [4.78, 5) is 91.8. The summed E-state index contributed by atoms with van der Waals surface area (Å²) >= 11 is 0. The van der Waals surface area contributed by atoms with Crippen LogP contribution in [-0.4, -0.2) is 112 Å². The first-order valence-corrected chi connectivity index (χ1v) is 17.7. The first-order chi connectivity index (χ1) is 23.6. The molecule has 5 amide bonds. The number of carbonyl (C=O) groups excluding carboxylic acids is 5. The summed E-state index contributed by atoms with van der Waals surface area (Å²) in [6.45, 7) is 8.07. The molecule has 0 saturated carbocycles. The molecule has 1 rings (SSSR count). The lowest BCUT2D eigenvalue weighted by Crippen LogP contribution is -2.60. The molecule has 286 valence electrons. The summed E-state index contributed by atoms with van der Waals surface area (Å²) < 4.78 is 0. The highest BCUT2D eigenvalue weighted by Gasteiger charge is 2.40. The van der Waals surface area contributed by atoms with Gasteiger partial charge >= 0.3 is 11.9 Å². The first kappa shape index (κ1) is 44.2. The lowest BCUT2D eigenvalue weighted by atomic mass is 9.96. The number of carboxylic acid groups (broad SMARTS) is 2. The normalized spacial score (nSPS) is 17.9. The van der Waals surface area contributed by atoms with Crippen LogP contribution < -0.4 is 38.5 Å². The van der Waals surface area contributed by atoms with Gasteiger partial charge in [0.05, 0.1) is 12.5 Å². The minimum absolute atomic E-state index is 0.0493. The molecule has 0 aromatic carbocycles. The summed E-state index contributed by atoms with van der Waals surface area (Å²) in [5, 5.41) is 29.3. The molecule has 17 nitrogen and oxygen atoms in total. The zero-order chi connectivity index (χ0) is 38.0. The highest BCUT2D eigenvalue weighted by atomic mass is 16.4. The number of carbonyl (C=O) groups is 7. The van der Waals surface area contributed by atoms with Gasteiger partial charge in [0.1, 0.15) is 30.2 Å². The Morgan fingerprint density at radius 3 is 1.92 bits per heavy atom. The SMILES string of the molecule is CC[C@H](C)[C@H](NC(=O)[C@H](CC(=O)O)NC(=O)[C@@H]1CCCN1C(=O)[C@H](CCCCN)NC(=O)[C@@H](N)CCCCN)C(=O)N[C@@H](CC(C)C)C(=O)O. The number of unbranched alkanes of at least 4 members (excludes halogenated alkanes) is 2. The number of hydrogen-bond acceptors (Lipinski definition) is 10. The van der Waals surface area contributed by atoms with E-state index in [4.69, 9.17) is 17.2 Å². The Bertz CT molecular complexity index is 1150. The van der Waals surface area contributed by atoms with Gasteiger partial charge in [0.2, 0.25) is 29.5 Å². The van der Waals surface area contributed by atoms with Crippen molar-refractivity contribution in [2.75, 3.05) is 19.6 Å². The van der Waals surface area contributed by atoms with E-state index < -0.39 is 90.1 Å². The van der Waals surface area contributed by atoms with Crippen molar-refractivity contribution in [1.82, 2.24) is 26.2 Å². The molecule has 50 heavy (non-hydrogen) atoms. The molecule has 0 aromatic rings. The maximum absolute atomic E-state index is 13.8. The van der Waals surface area contributed by atoms with Crippen molar-refractivity contribution in [2.24, 2.45) is 29.0 Å². The number of likely N-dealkylation sites (tertiary alicyclic amines) is 1. The van der Waals surface area contributed by atoms with E-state index in [9.17, 15) is 43.8 Å². The van der Waals surface area contributed by atoms with E-state index in [0.29, 0.717) is 58.0 Å². The molecule has 1 fully saturated rings. The standard InChI is InChI=1S/C33H60N8O9/c1-5-20(4)27(31(47)39-24(33(49)50)17-19(2)3)40-29(45)23(18-26(42)43)38-30(46)25-13-10-16-41(25)32(48)22(12-7-9-15-35)37-28(44)21(36)11-6-8-14-34/h19-25,27H,5-18,34-36H2,1-4H3,(H,37,44)(H,38,46)(H,39,47)(H,40,45)(H,42,43)(H,49,50)/t20-,21-,22-,23-,24-,25-,27-/m0/s1. The Labute approximate surface area is 294 Å². The van der Waals surface area contributed by atoms with Crippen LogP contribution in [0.1, 0.15) is 98.3 Å². The van der Waals surface area contributed by atoms with Crippen molar-refractivity contribution in [3.05, 3.63) is 0 Å². The molecule has 0 aliphatic carbocycles. The second-order valence-corrected chi connectivity index (χ2v) is 13.5. The van der Waals surface area contributed by atoms with Gasteiger partial charge in [-0.05, 0) is 76.3 Å². The Morgan fingerprint density at radius 2 is 1.38 bits per heavy atom. The number of amides is 5. The third-order valence-electron chi connectivity index (χ3n) is 8.83. The van der Waals surface area contributed by atoms with E-state index in [1.54, 1.807) is 27.7 Å². The van der Waals surface area contributed by atoms with Crippen LogP contribution in [0.5, 0.6) is 0 Å². The monoisotopic (exact) mass is 712 g/mol. The number of hydrogen-bond donors (Lipinski definition) is 9. The van der Waals surface area contributed by atoms with Gasteiger partial charge in [-0.25, -0.2) is 4.79 Å². The molecular formula is C33H60N8O9. The summed E-state index contributed by atoms with van der Waals surface area (Å²) in [6.07, 6.45) is 3.51. The van der Waals surface area contributed by atoms with Crippen LogP contribution in [0.4, 0.5) is 0 Å². The number of nitrogens with two attached hydrogens (primary N) is 3. The molecule has 0 unspecified atom stereocenters. The highest BCUT2D eigenvalue weighted by Crippen LogP contribution is 2.21. The second-order valence-electron chi connectivity index (χ2n) is 13.5. The van der Waals surface area contributed by atoms with Crippen LogP contribution >= 0.6 is 0 Å². The van der Waals surface area contributed by atoms with Gasteiger partial charge in [-0.1, -0.05) is 40.5 Å². The number of nitrogens with zero attached hydrogens (tertiary/aromatic N) is 1. The summed E-state index contributed by atoms with van der Waals surface area (Å²) in [6, 6.07) is -6.94. The Hall–Kier alpha value is -3.83. The van der Waals surface area contributed by atoms with Crippen molar-refractivity contribution in [1.29, 1.82) is 0 Å². The van der Waals surface area contributed by atoms with Gasteiger partial charge in [0.25, 0.3) is 0 Å². The fraction of sp³-hybridized carbons (Fsp3) is 0.788. The second kappa shape index (κ2) is 22.8. The molecule has 0 bridgehead atoms. The zero-order valence-electron chi connectivity index (χ0n) is 29.9. The van der Waals surface area contributed by atoms with Crippen LogP contribution in [0, 0.1) is 11.8 Å².